The molecule has 8 nitrogen and oxygen atoms in total. The lowest BCUT2D eigenvalue weighted by atomic mass is 9.73. The zero-order chi connectivity index (χ0) is 19.3. The van der Waals surface area contributed by atoms with Gasteiger partial charge in [0.1, 0.15) is 11.5 Å². The Hall–Kier alpha value is -2.01. The molecule has 5 heterocycles. The summed E-state index contributed by atoms with van der Waals surface area (Å²) in [6.07, 6.45) is 9.51. The van der Waals surface area contributed by atoms with E-state index in [2.05, 4.69) is 26.2 Å². The van der Waals surface area contributed by atoms with E-state index in [9.17, 15) is 0 Å². The summed E-state index contributed by atoms with van der Waals surface area (Å²) in [4.78, 5) is 15.7. The Balaban J connectivity index is 0.00000128. The molecule has 2 saturated heterocycles. The molecule has 10 heteroatoms. The van der Waals surface area contributed by atoms with E-state index >= 15 is 0 Å². The second-order valence-corrected chi connectivity index (χ2v) is 7.95. The van der Waals surface area contributed by atoms with Crippen molar-refractivity contribution < 1.29 is 4.74 Å². The van der Waals surface area contributed by atoms with Gasteiger partial charge in [-0.05, 0) is 37.5 Å². The second-order valence-electron chi connectivity index (χ2n) is 7.95. The van der Waals surface area contributed by atoms with Crippen molar-refractivity contribution in [3.8, 4) is 11.1 Å². The summed E-state index contributed by atoms with van der Waals surface area (Å²) < 4.78 is 7.90. The van der Waals surface area contributed by atoms with Crippen LogP contribution in [0.2, 0.25) is 0 Å². The van der Waals surface area contributed by atoms with Gasteiger partial charge in [0.05, 0.1) is 12.7 Å². The molecule has 0 saturated carbocycles. The number of nitrogens with two attached hydrogens (primary N) is 2. The van der Waals surface area contributed by atoms with E-state index in [1.807, 2.05) is 30.7 Å². The van der Waals surface area contributed by atoms with Gasteiger partial charge >= 0.3 is 0 Å². The zero-order valence-electron chi connectivity index (χ0n) is 17.0. The molecule has 0 unspecified atom stereocenters. The number of rotatable bonds is 2. The summed E-state index contributed by atoms with van der Waals surface area (Å²) >= 11 is 0. The molecule has 2 aliphatic rings. The second kappa shape index (κ2) is 8.62. The number of nitrogen functional groups attached to an aromatic ring is 1. The van der Waals surface area contributed by atoms with Gasteiger partial charge in [0.2, 0.25) is 5.95 Å². The molecular formula is C20H29N7OS2. The van der Waals surface area contributed by atoms with Crippen LogP contribution in [0.5, 0.6) is 0 Å². The molecule has 0 bridgehead atoms. The van der Waals surface area contributed by atoms with E-state index in [4.69, 9.17) is 21.2 Å². The van der Waals surface area contributed by atoms with E-state index in [-0.39, 0.29) is 44.6 Å². The van der Waals surface area contributed by atoms with Crippen LogP contribution in [0.3, 0.4) is 0 Å². The van der Waals surface area contributed by atoms with Crippen LogP contribution >= 0.6 is 27.0 Å². The predicted molar refractivity (Wildman–Crippen MR) is 129 cm³/mol. The van der Waals surface area contributed by atoms with Gasteiger partial charge in [0, 0.05) is 54.9 Å². The highest BCUT2D eigenvalue weighted by molar-refractivity contribution is 7.59. The Bertz CT molecular complexity index is 1020. The summed E-state index contributed by atoms with van der Waals surface area (Å²) in [5.41, 5.74) is 15.2. The first kappa shape index (κ1) is 22.7. The van der Waals surface area contributed by atoms with Crippen molar-refractivity contribution in [1.29, 1.82) is 0 Å². The summed E-state index contributed by atoms with van der Waals surface area (Å²) in [6.45, 7) is 4.66. The number of pyridine rings is 1. The lowest BCUT2D eigenvalue weighted by Gasteiger charge is -2.41. The first-order valence-electron chi connectivity index (χ1n) is 9.73. The van der Waals surface area contributed by atoms with Gasteiger partial charge in [-0.3, -0.25) is 4.40 Å². The molecule has 162 valence electrons. The first-order valence-corrected chi connectivity index (χ1v) is 9.73. The van der Waals surface area contributed by atoms with Crippen molar-refractivity contribution in [2.75, 3.05) is 30.3 Å². The van der Waals surface area contributed by atoms with Gasteiger partial charge in [-0.25, -0.2) is 15.0 Å². The van der Waals surface area contributed by atoms with E-state index in [0.717, 1.165) is 55.3 Å². The molecule has 0 radical (unpaired) electrons. The fourth-order valence-corrected chi connectivity index (χ4v) is 4.58. The highest BCUT2D eigenvalue weighted by Crippen LogP contribution is 2.42. The van der Waals surface area contributed by atoms with Crippen LogP contribution in [-0.4, -0.2) is 51.2 Å². The average molecular weight is 448 g/mol. The van der Waals surface area contributed by atoms with Gasteiger partial charge in [-0.2, -0.15) is 27.0 Å². The molecule has 3 aromatic rings. The number of imidazole rings is 1. The van der Waals surface area contributed by atoms with Gasteiger partial charge in [-0.1, -0.05) is 0 Å². The number of ether oxygens (including phenoxy) is 1. The standard InChI is InChI=1S/C20H25N7O.2H2S/c1-13-17(22)20(12-28-13)3-7-26(8-4-20)19-25-11-15(18-24-6-9-27(18)19)14-2-5-23-16(21)10-14;;/h2,5-6,9-11,13,17H,3-4,7-8,12,22H2,1H3,(H2,21,23);2*1H2/t13-,17+;;/m0../s1. The van der Waals surface area contributed by atoms with Crippen molar-refractivity contribution in [1.82, 2.24) is 19.4 Å². The monoisotopic (exact) mass is 447 g/mol. The maximum atomic E-state index is 6.45. The Morgan fingerprint density at radius 2 is 1.90 bits per heavy atom. The molecule has 2 atom stereocenters. The Morgan fingerprint density at radius 3 is 2.57 bits per heavy atom. The maximum absolute atomic E-state index is 6.45. The third-order valence-electron chi connectivity index (χ3n) is 6.39. The smallest absolute Gasteiger partial charge is 0.211 e. The van der Waals surface area contributed by atoms with Gasteiger partial charge in [0.25, 0.3) is 0 Å². The summed E-state index contributed by atoms with van der Waals surface area (Å²) in [6, 6.07) is 3.88. The molecule has 2 aliphatic heterocycles. The molecule has 5 rings (SSSR count). The molecule has 4 N–H and O–H groups in total. The van der Waals surface area contributed by atoms with Crippen LogP contribution in [0.1, 0.15) is 19.8 Å². The number of fused-ring (bicyclic) bond motifs is 1. The van der Waals surface area contributed by atoms with E-state index in [1.165, 1.54) is 0 Å². The van der Waals surface area contributed by atoms with Crippen molar-refractivity contribution in [3.63, 3.8) is 0 Å². The topological polar surface area (TPSA) is 108 Å². The molecule has 0 aliphatic carbocycles. The number of aromatic nitrogens is 4. The fourth-order valence-electron chi connectivity index (χ4n) is 4.58. The maximum Gasteiger partial charge on any atom is 0.211 e. The van der Waals surface area contributed by atoms with Gasteiger partial charge in [0.15, 0.2) is 0 Å². The van der Waals surface area contributed by atoms with E-state index in [0.29, 0.717) is 5.82 Å². The molecular weight excluding hydrogens is 418 g/mol. The quantitative estimate of drug-likeness (QED) is 0.618. The van der Waals surface area contributed by atoms with Crippen LogP contribution in [-0.2, 0) is 4.74 Å². The van der Waals surface area contributed by atoms with Crippen molar-refractivity contribution in [2.45, 2.75) is 31.9 Å². The van der Waals surface area contributed by atoms with Gasteiger partial charge < -0.3 is 21.1 Å². The number of nitrogens with zero attached hydrogens (tertiary/aromatic N) is 5. The summed E-state index contributed by atoms with van der Waals surface area (Å²) in [7, 11) is 0. The van der Waals surface area contributed by atoms with Crippen LogP contribution in [0.15, 0.2) is 36.9 Å². The Labute approximate surface area is 189 Å². The SMILES string of the molecule is C[C@@H]1OCC2(CCN(c3ncc(-c4ccnc(N)c4)c4nccn34)CC2)[C@@H]1N.S.S. The third kappa shape index (κ3) is 3.62. The minimum Gasteiger partial charge on any atom is -0.384 e. The van der Waals surface area contributed by atoms with Crippen LogP contribution in [0.4, 0.5) is 11.8 Å². The van der Waals surface area contributed by atoms with E-state index in [1.54, 1.807) is 6.20 Å². The number of hydrogen-bond acceptors (Lipinski definition) is 7. The van der Waals surface area contributed by atoms with Crippen LogP contribution in [0, 0.1) is 5.41 Å². The summed E-state index contributed by atoms with van der Waals surface area (Å²) in [5.74, 6) is 1.39. The van der Waals surface area contributed by atoms with Crippen LogP contribution < -0.4 is 16.4 Å². The lowest BCUT2D eigenvalue weighted by molar-refractivity contribution is 0.0973. The molecule has 0 aromatic carbocycles. The van der Waals surface area contributed by atoms with Crippen molar-refractivity contribution >= 4 is 44.4 Å². The lowest BCUT2D eigenvalue weighted by Crippen LogP contribution is -2.51. The van der Waals surface area contributed by atoms with Gasteiger partial charge in [-0.15, -0.1) is 0 Å². The zero-order valence-corrected chi connectivity index (χ0v) is 19.0. The molecule has 30 heavy (non-hydrogen) atoms. The predicted octanol–water partition coefficient (Wildman–Crippen LogP) is 1.93. The highest BCUT2D eigenvalue weighted by atomic mass is 32.1. The normalized spacial score (nSPS) is 22.7. The number of piperidine rings is 1. The third-order valence-corrected chi connectivity index (χ3v) is 6.39. The number of anilines is 2. The fraction of sp³-hybridized carbons (Fsp3) is 0.450. The minimum absolute atomic E-state index is 0. The number of hydrogen-bond donors (Lipinski definition) is 2. The van der Waals surface area contributed by atoms with Crippen LogP contribution in [0.25, 0.3) is 16.8 Å². The highest BCUT2D eigenvalue weighted by Gasteiger charge is 2.47. The first-order chi connectivity index (χ1) is 13.6. The molecule has 3 aromatic heterocycles. The summed E-state index contributed by atoms with van der Waals surface area (Å²) in [5, 5.41) is 0. The average Bonchev–Trinajstić information content (AvgIpc) is 3.30. The molecule has 0 amide bonds. The van der Waals surface area contributed by atoms with Crippen molar-refractivity contribution in [2.24, 2.45) is 11.1 Å². The largest absolute Gasteiger partial charge is 0.384 e. The Morgan fingerprint density at radius 1 is 1.13 bits per heavy atom. The van der Waals surface area contributed by atoms with E-state index < -0.39 is 0 Å². The molecule has 2 fully saturated rings. The Kier molecular flexibility index (Phi) is 6.51. The minimum atomic E-state index is 0. The molecule has 1 spiro atoms. The van der Waals surface area contributed by atoms with Crippen molar-refractivity contribution in [3.05, 3.63) is 36.9 Å².